The van der Waals surface area contributed by atoms with Gasteiger partial charge in [0.2, 0.25) is 0 Å². The number of rotatable bonds is 5. The number of aryl methyl sites for hydroxylation is 2. The zero-order valence-electron chi connectivity index (χ0n) is 12.7. The number of hydrogen-bond acceptors (Lipinski definition) is 2. The van der Waals surface area contributed by atoms with Gasteiger partial charge in [-0.05, 0) is 55.7 Å². The van der Waals surface area contributed by atoms with Gasteiger partial charge in [-0.1, -0.05) is 31.2 Å². The van der Waals surface area contributed by atoms with Crippen molar-refractivity contribution < 1.29 is 9.53 Å². The van der Waals surface area contributed by atoms with E-state index in [0.29, 0.717) is 6.42 Å². The normalized spacial score (nSPS) is 11.8. The van der Waals surface area contributed by atoms with Gasteiger partial charge in [0.1, 0.15) is 5.75 Å². The highest BCUT2D eigenvalue weighted by molar-refractivity contribution is 5.94. The van der Waals surface area contributed by atoms with E-state index in [1.807, 2.05) is 69.3 Å². The lowest BCUT2D eigenvalue weighted by Gasteiger charge is -2.17. The monoisotopic (exact) mass is 283 g/mol. The summed E-state index contributed by atoms with van der Waals surface area (Å²) in [5.74, 6) is 0.603. The zero-order valence-corrected chi connectivity index (χ0v) is 12.7. The van der Waals surface area contributed by atoms with Gasteiger partial charge in [-0.3, -0.25) is 4.79 Å². The van der Waals surface area contributed by atoms with Crippen molar-refractivity contribution in [3.8, 4) is 5.75 Å². The molecule has 3 heteroatoms. The van der Waals surface area contributed by atoms with Gasteiger partial charge in [-0.25, -0.2) is 0 Å². The van der Waals surface area contributed by atoms with Crippen LogP contribution in [0.4, 0.5) is 5.69 Å². The Bertz CT molecular complexity index is 622. The van der Waals surface area contributed by atoms with Crippen LogP contribution in [0.5, 0.6) is 5.75 Å². The zero-order chi connectivity index (χ0) is 15.2. The Morgan fingerprint density at radius 3 is 2.38 bits per heavy atom. The first-order chi connectivity index (χ1) is 10.1. The summed E-state index contributed by atoms with van der Waals surface area (Å²) in [6, 6.07) is 15.5. The lowest BCUT2D eigenvalue weighted by molar-refractivity contribution is -0.122. The van der Waals surface area contributed by atoms with Gasteiger partial charge in [0.05, 0.1) is 0 Å². The molecule has 21 heavy (non-hydrogen) atoms. The Morgan fingerprint density at radius 2 is 1.76 bits per heavy atom. The van der Waals surface area contributed by atoms with Gasteiger partial charge >= 0.3 is 0 Å². The van der Waals surface area contributed by atoms with Crippen molar-refractivity contribution in [1.82, 2.24) is 0 Å². The molecule has 0 aliphatic carbocycles. The molecule has 1 unspecified atom stereocenters. The molecule has 0 aromatic heterocycles. The van der Waals surface area contributed by atoms with Crippen molar-refractivity contribution in [3.63, 3.8) is 0 Å². The van der Waals surface area contributed by atoms with E-state index in [2.05, 4.69) is 5.32 Å². The minimum Gasteiger partial charge on any atom is -0.481 e. The second kappa shape index (κ2) is 6.93. The number of amides is 1. The first-order valence-electron chi connectivity index (χ1n) is 7.19. The van der Waals surface area contributed by atoms with Gasteiger partial charge in [0.15, 0.2) is 6.10 Å². The second-order valence-electron chi connectivity index (χ2n) is 5.19. The van der Waals surface area contributed by atoms with Crippen LogP contribution in [0.2, 0.25) is 0 Å². The highest BCUT2D eigenvalue weighted by atomic mass is 16.5. The Hall–Kier alpha value is -2.29. The number of benzene rings is 2. The third-order valence-corrected chi connectivity index (χ3v) is 3.22. The number of nitrogens with one attached hydrogen (secondary N) is 1. The highest BCUT2D eigenvalue weighted by Gasteiger charge is 2.18. The average molecular weight is 283 g/mol. The molecule has 2 aromatic carbocycles. The molecular weight excluding hydrogens is 262 g/mol. The SMILES string of the molecule is CCC(Oc1cccc(C)c1)C(=O)Nc1cccc(C)c1. The van der Waals surface area contributed by atoms with Crippen LogP contribution in [-0.2, 0) is 4.79 Å². The van der Waals surface area contributed by atoms with E-state index >= 15 is 0 Å². The van der Waals surface area contributed by atoms with Crippen molar-refractivity contribution in [3.05, 3.63) is 59.7 Å². The first kappa shape index (κ1) is 15.1. The van der Waals surface area contributed by atoms with Gasteiger partial charge in [-0.15, -0.1) is 0 Å². The van der Waals surface area contributed by atoms with E-state index in [4.69, 9.17) is 4.74 Å². The lowest BCUT2D eigenvalue weighted by atomic mass is 10.2. The number of carbonyl (C=O) groups excluding carboxylic acids is 1. The van der Waals surface area contributed by atoms with Crippen LogP contribution < -0.4 is 10.1 Å². The number of anilines is 1. The fourth-order valence-corrected chi connectivity index (χ4v) is 2.12. The van der Waals surface area contributed by atoms with Crippen molar-refractivity contribution in [1.29, 1.82) is 0 Å². The van der Waals surface area contributed by atoms with Crippen LogP contribution in [0.25, 0.3) is 0 Å². The maximum atomic E-state index is 12.3. The van der Waals surface area contributed by atoms with Crippen LogP contribution in [0, 0.1) is 13.8 Å². The number of hydrogen-bond donors (Lipinski definition) is 1. The Kier molecular flexibility index (Phi) is 4.99. The molecule has 0 radical (unpaired) electrons. The van der Waals surface area contributed by atoms with Gasteiger partial charge in [-0.2, -0.15) is 0 Å². The molecule has 0 fully saturated rings. The summed E-state index contributed by atoms with van der Waals surface area (Å²) in [5, 5.41) is 2.90. The fourth-order valence-electron chi connectivity index (χ4n) is 2.12. The molecule has 1 amide bonds. The summed E-state index contributed by atoms with van der Waals surface area (Å²) in [6.45, 7) is 5.94. The van der Waals surface area contributed by atoms with E-state index in [-0.39, 0.29) is 5.91 Å². The molecule has 1 atom stereocenters. The number of carbonyl (C=O) groups is 1. The molecular formula is C18H21NO2. The van der Waals surface area contributed by atoms with Crippen molar-refractivity contribution in [2.75, 3.05) is 5.32 Å². The van der Waals surface area contributed by atoms with Crippen molar-refractivity contribution in [2.45, 2.75) is 33.3 Å². The molecule has 0 heterocycles. The predicted molar refractivity (Wildman–Crippen MR) is 85.7 cm³/mol. The third-order valence-electron chi connectivity index (χ3n) is 3.22. The molecule has 0 saturated heterocycles. The molecule has 0 bridgehead atoms. The third kappa shape index (κ3) is 4.35. The largest absolute Gasteiger partial charge is 0.481 e. The summed E-state index contributed by atoms with van der Waals surface area (Å²) in [6.07, 6.45) is 0.123. The van der Waals surface area contributed by atoms with Crippen molar-refractivity contribution in [2.24, 2.45) is 0 Å². The number of ether oxygens (including phenoxy) is 1. The van der Waals surface area contributed by atoms with E-state index in [0.717, 1.165) is 22.6 Å². The standard InChI is InChI=1S/C18H21NO2/c1-4-17(21-16-10-6-8-14(3)12-16)18(20)19-15-9-5-7-13(2)11-15/h5-12,17H,4H2,1-3H3,(H,19,20). The molecule has 110 valence electrons. The minimum atomic E-state index is -0.493. The molecule has 0 aliphatic rings. The Labute approximate surface area is 126 Å². The van der Waals surface area contributed by atoms with Gasteiger partial charge < -0.3 is 10.1 Å². The summed E-state index contributed by atoms with van der Waals surface area (Å²) in [5.41, 5.74) is 3.02. The van der Waals surface area contributed by atoms with E-state index in [1.165, 1.54) is 0 Å². The van der Waals surface area contributed by atoms with E-state index in [1.54, 1.807) is 0 Å². The van der Waals surface area contributed by atoms with Crippen LogP contribution in [0.1, 0.15) is 24.5 Å². The quantitative estimate of drug-likeness (QED) is 0.897. The second-order valence-corrected chi connectivity index (χ2v) is 5.19. The molecule has 3 nitrogen and oxygen atoms in total. The molecule has 0 saturated carbocycles. The molecule has 2 rings (SSSR count). The van der Waals surface area contributed by atoms with Crippen LogP contribution in [-0.4, -0.2) is 12.0 Å². The Balaban J connectivity index is 2.05. The summed E-state index contributed by atoms with van der Waals surface area (Å²) >= 11 is 0. The molecule has 2 aromatic rings. The smallest absolute Gasteiger partial charge is 0.265 e. The molecule has 1 N–H and O–H groups in total. The highest BCUT2D eigenvalue weighted by Crippen LogP contribution is 2.17. The Morgan fingerprint density at radius 1 is 1.10 bits per heavy atom. The van der Waals surface area contributed by atoms with Crippen LogP contribution in [0.3, 0.4) is 0 Å². The average Bonchev–Trinajstić information content (AvgIpc) is 2.44. The van der Waals surface area contributed by atoms with Crippen LogP contribution in [0.15, 0.2) is 48.5 Å². The van der Waals surface area contributed by atoms with Crippen LogP contribution >= 0.6 is 0 Å². The summed E-state index contributed by atoms with van der Waals surface area (Å²) < 4.78 is 5.80. The topological polar surface area (TPSA) is 38.3 Å². The maximum Gasteiger partial charge on any atom is 0.265 e. The lowest BCUT2D eigenvalue weighted by Crippen LogP contribution is -2.32. The summed E-state index contributed by atoms with van der Waals surface area (Å²) in [4.78, 5) is 12.3. The van der Waals surface area contributed by atoms with E-state index < -0.39 is 6.10 Å². The first-order valence-corrected chi connectivity index (χ1v) is 7.19. The maximum absolute atomic E-state index is 12.3. The van der Waals surface area contributed by atoms with Gasteiger partial charge in [0.25, 0.3) is 5.91 Å². The minimum absolute atomic E-state index is 0.121. The van der Waals surface area contributed by atoms with Crippen molar-refractivity contribution >= 4 is 11.6 Å². The molecule has 0 aliphatic heterocycles. The van der Waals surface area contributed by atoms with E-state index in [9.17, 15) is 4.79 Å². The fraction of sp³-hybridized carbons (Fsp3) is 0.278. The van der Waals surface area contributed by atoms with Gasteiger partial charge in [0, 0.05) is 5.69 Å². The molecule has 0 spiro atoms. The summed E-state index contributed by atoms with van der Waals surface area (Å²) in [7, 11) is 0. The predicted octanol–water partition coefficient (Wildman–Crippen LogP) is 4.10.